The Morgan fingerprint density at radius 1 is 1.08 bits per heavy atom. The standard InChI is InChI=1S/C19H25Cl2N3O2/c1-22-18(25)17(13-4-2-3-5-13)23-8-10-24(11-9-23)19(26)14-6-7-15(20)16(21)12-14/h6-7,12-13,17H,2-5,8-11H2,1H3,(H,22,25)/t17-/m0/s1. The molecule has 142 valence electrons. The maximum absolute atomic E-state index is 12.7. The average Bonchev–Trinajstić information content (AvgIpc) is 3.18. The Bertz CT molecular complexity index is 669. The average molecular weight is 398 g/mol. The number of nitrogens with one attached hydrogen (secondary N) is 1. The lowest BCUT2D eigenvalue weighted by atomic mass is 9.95. The highest BCUT2D eigenvalue weighted by atomic mass is 35.5. The number of hydrogen-bond donors (Lipinski definition) is 1. The SMILES string of the molecule is CNC(=O)[C@H](C1CCCC1)N1CCN(C(=O)c2ccc(Cl)c(Cl)c2)CC1. The zero-order valence-corrected chi connectivity index (χ0v) is 16.5. The summed E-state index contributed by atoms with van der Waals surface area (Å²) >= 11 is 12.0. The van der Waals surface area contributed by atoms with E-state index in [9.17, 15) is 9.59 Å². The summed E-state index contributed by atoms with van der Waals surface area (Å²) < 4.78 is 0. The molecule has 26 heavy (non-hydrogen) atoms. The van der Waals surface area contributed by atoms with Gasteiger partial charge >= 0.3 is 0 Å². The third kappa shape index (κ3) is 4.16. The molecule has 1 aliphatic heterocycles. The third-order valence-electron chi connectivity index (χ3n) is 5.52. The molecule has 1 aliphatic carbocycles. The van der Waals surface area contributed by atoms with Crippen LogP contribution in [0.3, 0.4) is 0 Å². The lowest BCUT2D eigenvalue weighted by molar-refractivity contribution is -0.128. The molecule has 1 N–H and O–H groups in total. The fourth-order valence-electron chi connectivity index (χ4n) is 4.11. The van der Waals surface area contributed by atoms with Gasteiger partial charge in [0, 0.05) is 38.8 Å². The van der Waals surface area contributed by atoms with Crippen molar-refractivity contribution < 1.29 is 9.59 Å². The second kappa shape index (κ2) is 8.59. The second-order valence-electron chi connectivity index (χ2n) is 7.06. The molecule has 1 aromatic carbocycles. The molecule has 3 rings (SSSR count). The summed E-state index contributed by atoms with van der Waals surface area (Å²) in [6.45, 7) is 2.64. The van der Waals surface area contributed by atoms with Crippen LogP contribution in [-0.4, -0.2) is 60.9 Å². The number of likely N-dealkylation sites (N-methyl/N-ethyl adjacent to an activating group) is 1. The van der Waals surface area contributed by atoms with E-state index < -0.39 is 0 Å². The number of nitrogens with zero attached hydrogens (tertiary/aromatic N) is 2. The van der Waals surface area contributed by atoms with Gasteiger partial charge in [-0.2, -0.15) is 0 Å². The molecule has 1 heterocycles. The molecule has 2 aliphatic rings. The predicted molar refractivity (Wildman–Crippen MR) is 104 cm³/mol. The molecule has 2 fully saturated rings. The van der Waals surface area contributed by atoms with E-state index in [1.807, 2.05) is 4.90 Å². The lowest BCUT2D eigenvalue weighted by Gasteiger charge is -2.40. The first-order valence-corrected chi connectivity index (χ1v) is 9.97. The normalized spacial score (nSPS) is 20.2. The molecule has 0 bridgehead atoms. The molecule has 1 saturated heterocycles. The Morgan fingerprint density at radius 2 is 1.73 bits per heavy atom. The van der Waals surface area contributed by atoms with Crippen molar-refractivity contribution in [3.05, 3.63) is 33.8 Å². The summed E-state index contributed by atoms with van der Waals surface area (Å²) in [7, 11) is 1.70. The molecule has 2 amide bonds. The van der Waals surface area contributed by atoms with Crippen LogP contribution in [0, 0.1) is 5.92 Å². The summed E-state index contributed by atoms with van der Waals surface area (Å²) in [5.74, 6) is 0.481. The molecule has 1 atom stereocenters. The van der Waals surface area contributed by atoms with E-state index in [1.54, 1.807) is 25.2 Å². The Morgan fingerprint density at radius 3 is 2.31 bits per heavy atom. The molecule has 1 aromatic rings. The lowest BCUT2D eigenvalue weighted by Crippen LogP contribution is -2.57. The van der Waals surface area contributed by atoms with Gasteiger partial charge in [-0.3, -0.25) is 14.5 Å². The van der Waals surface area contributed by atoms with E-state index in [0.717, 1.165) is 12.8 Å². The van der Waals surface area contributed by atoms with Crippen molar-refractivity contribution in [1.82, 2.24) is 15.1 Å². The Balaban J connectivity index is 1.64. The molecule has 0 aromatic heterocycles. The first-order valence-electron chi connectivity index (χ1n) is 9.21. The Kier molecular flexibility index (Phi) is 6.43. The number of hydrogen-bond acceptors (Lipinski definition) is 3. The van der Waals surface area contributed by atoms with Crippen LogP contribution in [0.15, 0.2) is 18.2 Å². The minimum atomic E-state index is -0.0790. The van der Waals surface area contributed by atoms with Crippen molar-refractivity contribution in [2.75, 3.05) is 33.2 Å². The van der Waals surface area contributed by atoms with E-state index in [1.165, 1.54) is 12.8 Å². The van der Waals surface area contributed by atoms with Crippen LogP contribution in [0.5, 0.6) is 0 Å². The molecule has 0 unspecified atom stereocenters. The van der Waals surface area contributed by atoms with E-state index >= 15 is 0 Å². The van der Waals surface area contributed by atoms with Crippen LogP contribution in [0.1, 0.15) is 36.0 Å². The molecular formula is C19H25Cl2N3O2. The third-order valence-corrected chi connectivity index (χ3v) is 6.26. The van der Waals surface area contributed by atoms with Crippen molar-refractivity contribution in [2.45, 2.75) is 31.7 Å². The van der Waals surface area contributed by atoms with E-state index in [4.69, 9.17) is 23.2 Å². The zero-order valence-electron chi connectivity index (χ0n) is 15.0. The molecule has 0 spiro atoms. The smallest absolute Gasteiger partial charge is 0.253 e. The summed E-state index contributed by atoms with van der Waals surface area (Å²) in [6, 6.07) is 4.89. The second-order valence-corrected chi connectivity index (χ2v) is 7.88. The van der Waals surface area contributed by atoms with Gasteiger partial charge < -0.3 is 10.2 Å². The van der Waals surface area contributed by atoms with Gasteiger partial charge in [0.15, 0.2) is 0 Å². The number of benzene rings is 1. The van der Waals surface area contributed by atoms with Crippen molar-refractivity contribution in [3.8, 4) is 0 Å². The Labute approximate surface area is 164 Å². The largest absolute Gasteiger partial charge is 0.358 e. The van der Waals surface area contributed by atoms with Crippen molar-refractivity contribution in [2.24, 2.45) is 5.92 Å². The maximum Gasteiger partial charge on any atom is 0.253 e. The van der Waals surface area contributed by atoms with Crippen LogP contribution < -0.4 is 5.32 Å². The van der Waals surface area contributed by atoms with Gasteiger partial charge in [-0.1, -0.05) is 36.0 Å². The molecule has 1 saturated carbocycles. The fourth-order valence-corrected chi connectivity index (χ4v) is 4.41. The summed E-state index contributed by atoms with van der Waals surface area (Å²) in [5.41, 5.74) is 0.548. The highest BCUT2D eigenvalue weighted by Crippen LogP contribution is 2.31. The molecule has 0 radical (unpaired) electrons. The number of carbonyl (C=O) groups is 2. The number of carbonyl (C=O) groups excluding carboxylic acids is 2. The monoisotopic (exact) mass is 397 g/mol. The van der Waals surface area contributed by atoms with Gasteiger partial charge in [-0.05, 0) is 37.0 Å². The summed E-state index contributed by atoms with van der Waals surface area (Å²) in [5, 5.41) is 3.65. The molecule has 7 heteroatoms. The number of halogens is 2. The maximum atomic E-state index is 12.7. The minimum Gasteiger partial charge on any atom is -0.358 e. The quantitative estimate of drug-likeness (QED) is 0.848. The van der Waals surface area contributed by atoms with E-state index in [0.29, 0.717) is 47.7 Å². The van der Waals surface area contributed by atoms with Crippen LogP contribution in [0.25, 0.3) is 0 Å². The first-order chi connectivity index (χ1) is 12.5. The first kappa shape index (κ1) is 19.5. The zero-order chi connectivity index (χ0) is 18.7. The van der Waals surface area contributed by atoms with Crippen LogP contribution in [0.4, 0.5) is 0 Å². The van der Waals surface area contributed by atoms with Gasteiger partial charge in [-0.15, -0.1) is 0 Å². The van der Waals surface area contributed by atoms with E-state index in [-0.39, 0.29) is 17.9 Å². The van der Waals surface area contributed by atoms with Crippen molar-refractivity contribution >= 4 is 35.0 Å². The van der Waals surface area contributed by atoms with Gasteiger partial charge in [0.05, 0.1) is 16.1 Å². The number of rotatable bonds is 4. The van der Waals surface area contributed by atoms with Gasteiger partial charge in [0.25, 0.3) is 5.91 Å². The van der Waals surface area contributed by atoms with Gasteiger partial charge in [-0.25, -0.2) is 0 Å². The molecular weight excluding hydrogens is 373 g/mol. The van der Waals surface area contributed by atoms with Crippen LogP contribution in [0.2, 0.25) is 10.0 Å². The molecule has 5 nitrogen and oxygen atoms in total. The van der Waals surface area contributed by atoms with Crippen molar-refractivity contribution in [3.63, 3.8) is 0 Å². The highest BCUT2D eigenvalue weighted by molar-refractivity contribution is 6.42. The van der Waals surface area contributed by atoms with E-state index in [2.05, 4.69) is 10.2 Å². The topological polar surface area (TPSA) is 52.7 Å². The fraction of sp³-hybridized carbons (Fsp3) is 0.579. The number of amides is 2. The predicted octanol–water partition coefficient (Wildman–Crippen LogP) is 3.06. The summed E-state index contributed by atoms with van der Waals surface area (Å²) in [6.07, 6.45) is 4.63. The van der Waals surface area contributed by atoms with Crippen molar-refractivity contribution in [1.29, 1.82) is 0 Å². The summed E-state index contributed by atoms with van der Waals surface area (Å²) in [4.78, 5) is 29.2. The van der Waals surface area contributed by atoms with Crippen LogP contribution in [-0.2, 0) is 4.79 Å². The van der Waals surface area contributed by atoms with Crippen LogP contribution >= 0.6 is 23.2 Å². The highest BCUT2D eigenvalue weighted by Gasteiger charge is 2.36. The number of piperazine rings is 1. The minimum absolute atomic E-state index is 0.0411. The van der Waals surface area contributed by atoms with Gasteiger partial charge in [0.1, 0.15) is 0 Å². The van der Waals surface area contributed by atoms with Gasteiger partial charge in [0.2, 0.25) is 5.91 Å². The Hall–Kier alpha value is -1.30.